The van der Waals surface area contributed by atoms with Crippen LogP contribution < -0.4 is 0 Å². The number of rotatable bonds is 2. The molecule has 2 aliphatic rings. The highest BCUT2D eigenvalue weighted by atomic mass is 79.9. The molecule has 2 aliphatic carbocycles. The molecular formula is C15H27BrO2. The minimum absolute atomic E-state index is 0.170. The molecule has 0 N–H and O–H groups in total. The first-order valence-electron chi connectivity index (χ1n) is 7.19. The van der Waals surface area contributed by atoms with E-state index in [1.807, 2.05) is 0 Å². The molecule has 0 heterocycles. The maximum atomic E-state index is 10.2. The molecule has 0 saturated heterocycles. The minimum atomic E-state index is -0.170. The number of hydrogen-bond acceptors (Lipinski definition) is 2. The maximum Gasteiger partial charge on any atom is 0.306 e. The second-order valence-corrected chi connectivity index (χ2v) is 6.80. The van der Waals surface area contributed by atoms with Crippen molar-refractivity contribution in [1.82, 2.24) is 0 Å². The average molecular weight is 319 g/mol. The van der Waals surface area contributed by atoms with Crippen molar-refractivity contribution in [1.29, 1.82) is 0 Å². The molecule has 2 bridgehead atoms. The minimum Gasteiger partial charge on any atom is -0.469 e. The van der Waals surface area contributed by atoms with Crippen LogP contribution >= 0.6 is 15.9 Å². The number of carbonyl (C=O) groups excluding carboxylic acids is 1. The molecule has 2 fully saturated rings. The van der Waals surface area contributed by atoms with Crippen LogP contribution in [-0.4, -0.2) is 18.4 Å². The fourth-order valence-electron chi connectivity index (χ4n) is 3.42. The van der Waals surface area contributed by atoms with Crippen molar-refractivity contribution < 1.29 is 9.53 Å². The van der Waals surface area contributed by atoms with Crippen LogP contribution in [0.3, 0.4) is 0 Å². The fourth-order valence-corrected chi connectivity index (χ4v) is 3.74. The molecule has 2 rings (SSSR count). The predicted octanol–water partition coefficient (Wildman–Crippen LogP) is 4.41. The zero-order valence-electron chi connectivity index (χ0n) is 12.0. The van der Waals surface area contributed by atoms with E-state index in [1.54, 1.807) is 6.42 Å². The van der Waals surface area contributed by atoms with Gasteiger partial charge in [-0.05, 0) is 42.9 Å². The zero-order valence-corrected chi connectivity index (χ0v) is 13.5. The smallest absolute Gasteiger partial charge is 0.306 e. The number of ether oxygens (including phenoxy) is 1. The first-order valence-corrected chi connectivity index (χ1v) is 8.31. The van der Waals surface area contributed by atoms with E-state index >= 15 is 0 Å². The molecule has 2 saturated carbocycles. The van der Waals surface area contributed by atoms with Gasteiger partial charge in [0.05, 0.1) is 13.5 Å². The molecule has 4 unspecified atom stereocenters. The summed E-state index contributed by atoms with van der Waals surface area (Å²) < 4.78 is 4.32. The molecule has 0 aromatic rings. The van der Waals surface area contributed by atoms with Crippen LogP contribution in [0.1, 0.15) is 52.4 Å². The van der Waals surface area contributed by atoms with Crippen LogP contribution in [-0.2, 0) is 9.53 Å². The Kier molecular flexibility index (Phi) is 7.28. The van der Waals surface area contributed by atoms with E-state index in [9.17, 15) is 4.79 Å². The van der Waals surface area contributed by atoms with Crippen molar-refractivity contribution in [3.8, 4) is 0 Å². The van der Waals surface area contributed by atoms with Gasteiger partial charge in [-0.25, -0.2) is 0 Å². The zero-order chi connectivity index (χ0) is 13.5. The van der Waals surface area contributed by atoms with Crippen LogP contribution in [0.25, 0.3) is 0 Å². The molecule has 2 nitrogen and oxygen atoms in total. The Hall–Kier alpha value is -0.0500. The number of carbonyl (C=O) groups is 1. The number of halogens is 1. The van der Waals surface area contributed by atoms with Gasteiger partial charge in [-0.3, -0.25) is 4.79 Å². The van der Waals surface area contributed by atoms with Gasteiger partial charge in [-0.1, -0.05) is 42.6 Å². The van der Waals surface area contributed by atoms with Crippen LogP contribution in [0.2, 0.25) is 0 Å². The van der Waals surface area contributed by atoms with Crippen molar-refractivity contribution in [2.75, 3.05) is 12.4 Å². The van der Waals surface area contributed by atoms with Crippen LogP contribution in [0, 0.1) is 23.7 Å². The first-order chi connectivity index (χ1) is 8.56. The molecule has 0 aliphatic heterocycles. The average Bonchev–Trinajstić information content (AvgIpc) is 2.35. The number of alkyl halides is 1. The monoisotopic (exact) mass is 318 g/mol. The number of esters is 1. The van der Waals surface area contributed by atoms with Gasteiger partial charge in [0, 0.05) is 5.33 Å². The molecule has 4 atom stereocenters. The fraction of sp³-hybridized carbons (Fsp3) is 0.933. The molecule has 0 aromatic heterocycles. The summed E-state index contributed by atoms with van der Waals surface area (Å²) in [5, 5.41) is 0.680. The van der Waals surface area contributed by atoms with Crippen molar-refractivity contribution in [2.45, 2.75) is 52.4 Å². The lowest BCUT2D eigenvalue weighted by atomic mass is 9.64. The normalized spacial score (nSPS) is 34.2. The lowest BCUT2D eigenvalue weighted by Gasteiger charge is -2.41. The highest BCUT2D eigenvalue weighted by Crippen LogP contribution is 2.44. The molecule has 0 spiro atoms. The van der Waals surface area contributed by atoms with Gasteiger partial charge in [-0.15, -0.1) is 0 Å². The van der Waals surface area contributed by atoms with Gasteiger partial charge in [-0.2, -0.15) is 0 Å². The summed E-state index contributed by atoms with van der Waals surface area (Å²) in [6.45, 7) is 4.90. The number of methoxy groups -OCH3 is 1. The van der Waals surface area contributed by atoms with Gasteiger partial charge in [0.1, 0.15) is 0 Å². The topological polar surface area (TPSA) is 26.3 Å². The third-order valence-electron chi connectivity index (χ3n) is 4.44. The Morgan fingerprint density at radius 2 is 1.94 bits per heavy atom. The molecule has 0 amide bonds. The van der Waals surface area contributed by atoms with Gasteiger partial charge >= 0.3 is 5.97 Å². The van der Waals surface area contributed by atoms with Crippen LogP contribution in [0.4, 0.5) is 0 Å². The van der Waals surface area contributed by atoms with Crippen molar-refractivity contribution in [3.63, 3.8) is 0 Å². The van der Waals surface area contributed by atoms with E-state index in [0.29, 0.717) is 11.8 Å². The van der Waals surface area contributed by atoms with Crippen molar-refractivity contribution in [2.24, 2.45) is 23.7 Å². The van der Waals surface area contributed by atoms with Crippen molar-refractivity contribution in [3.05, 3.63) is 0 Å². The van der Waals surface area contributed by atoms with E-state index in [2.05, 4.69) is 34.5 Å². The van der Waals surface area contributed by atoms with Gasteiger partial charge < -0.3 is 4.74 Å². The summed E-state index contributed by atoms with van der Waals surface area (Å²) in [5.74, 6) is 4.10. The van der Waals surface area contributed by atoms with Gasteiger partial charge in [0.2, 0.25) is 0 Å². The Morgan fingerprint density at radius 3 is 2.50 bits per heavy atom. The number of fused-ring (bicyclic) bond motifs is 2. The van der Waals surface area contributed by atoms with Gasteiger partial charge in [0.15, 0.2) is 0 Å². The summed E-state index contributed by atoms with van der Waals surface area (Å²) in [7, 11) is 1.38. The molecule has 3 heteroatoms. The molecule has 106 valence electrons. The Balaban J connectivity index is 0.000000203. The largest absolute Gasteiger partial charge is 0.469 e. The summed E-state index contributed by atoms with van der Waals surface area (Å²) >= 11 is 3.09. The predicted molar refractivity (Wildman–Crippen MR) is 78.8 cm³/mol. The molecule has 18 heavy (non-hydrogen) atoms. The molecular weight excluding hydrogens is 292 g/mol. The molecule has 0 radical (unpaired) electrons. The first kappa shape index (κ1) is 16.0. The van der Waals surface area contributed by atoms with Gasteiger partial charge in [0.25, 0.3) is 0 Å². The lowest BCUT2D eigenvalue weighted by molar-refractivity contribution is -0.140. The summed E-state index contributed by atoms with van der Waals surface area (Å²) in [5.41, 5.74) is 0. The molecule has 0 aromatic carbocycles. The van der Waals surface area contributed by atoms with E-state index in [4.69, 9.17) is 0 Å². The highest BCUT2D eigenvalue weighted by Gasteiger charge is 2.33. The van der Waals surface area contributed by atoms with E-state index in [-0.39, 0.29) is 5.97 Å². The standard InChI is InChI=1S/C11H20.C4H7BrO2/c1-8-5-10-4-3-9(2)11(6-8)7-10;1-7-4(6)2-3-5/h8-11H,3-7H2,1-2H3;2-3H2,1H3. The Morgan fingerprint density at radius 1 is 1.22 bits per heavy atom. The van der Waals surface area contributed by atoms with Crippen molar-refractivity contribution >= 4 is 21.9 Å². The quantitative estimate of drug-likeness (QED) is 0.556. The van der Waals surface area contributed by atoms with E-state index in [1.165, 1.54) is 32.8 Å². The van der Waals surface area contributed by atoms with E-state index in [0.717, 1.165) is 23.7 Å². The second kappa shape index (κ2) is 8.19. The third kappa shape index (κ3) is 5.29. The maximum absolute atomic E-state index is 10.2. The highest BCUT2D eigenvalue weighted by molar-refractivity contribution is 9.09. The Labute approximate surface area is 120 Å². The Bertz CT molecular complexity index is 253. The lowest BCUT2D eigenvalue weighted by Crippen LogP contribution is -2.30. The summed E-state index contributed by atoms with van der Waals surface area (Å²) in [6.07, 6.45) is 8.12. The number of hydrogen-bond donors (Lipinski definition) is 0. The summed E-state index contributed by atoms with van der Waals surface area (Å²) in [4.78, 5) is 10.2. The van der Waals surface area contributed by atoms with Crippen LogP contribution in [0.5, 0.6) is 0 Å². The van der Waals surface area contributed by atoms with E-state index < -0.39 is 0 Å². The summed E-state index contributed by atoms with van der Waals surface area (Å²) in [6, 6.07) is 0. The SMILES string of the molecule is CC1CC2CCC(C)C(C1)C2.COC(=O)CCBr. The van der Waals surface area contributed by atoms with Crippen LogP contribution in [0.15, 0.2) is 0 Å². The second-order valence-electron chi connectivity index (χ2n) is 6.01. The third-order valence-corrected chi connectivity index (χ3v) is 4.83.